The highest BCUT2D eigenvalue weighted by Crippen LogP contribution is 2.19. The standard InChI is InChI=1S/C18H27N3O2/c1-14(12-19-2)18(23)21-10-8-16(9-11-21)17(22)20-13-15-6-4-3-5-7-15/h3-7,14,16,19H,8-13H2,1-2H3,(H,20,22). The van der Waals surface area contributed by atoms with Crippen molar-refractivity contribution in [3.8, 4) is 0 Å². The second-order valence-electron chi connectivity index (χ2n) is 6.26. The minimum Gasteiger partial charge on any atom is -0.352 e. The molecule has 1 heterocycles. The molecule has 0 radical (unpaired) electrons. The number of piperidine rings is 1. The number of benzene rings is 1. The SMILES string of the molecule is CNCC(C)C(=O)N1CCC(C(=O)NCc2ccccc2)CC1. The molecule has 1 aromatic rings. The van der Waals surface area contributed by atoms with Gasteiger partial charge in [0.05, 0.1) is 0 Å². The topological polar surface area (TPSA) is 61.4 Å². The fraction of sp³-hybridized carbons (Fsp3) is 0.556. The summed E-state index contributed by atoms with van der Waals surface area (Å²) in [6.07, 6.45) is 1.50. The fourth-order valence-electron chi connectivity index (χ4n) is 3.00. The van der Waals surface area contributed by atoms with Gasteiger partial charge in [-0.15, -0.1) is 0 Å². The molecule has 1 fully saturated rings. The van der Waals surface area contributed by atoms with E-state index in [-0.39, 0.29) is 23.7 Å². The zero-order chi connectivity index (χ0) is 16.7. The zero-order valence-electron chi connectivity index (χ0n) is 14.0. The Labute approximate surface area is 138 Å². The largest absolute Gasteiger partial charge is 0.352 e. The molecule has 1 aliphatic heterocycles. The maximum absolute atomic E-state index is 12.3. The Balaban J connectivity index is 1.75. The van der Waals surface area contributed by atoms with Crippen molar-refractivity contribution in [1.82, 2.24) is 15.5 Å². The van der Waals surface area contributed by atoms with E-state index in [1.165, 1.54) is 0 Å². The van der Waals surface area contributed by atoms with Crippen LogP contribution < -0.4 is 10.6 Å². The molecule has 0 saturated carbocycles. The summed E-state index contributed by atoms with van der Waals surface area (Å²) in [5.74, 6) is 0.289. The van der Waals surface area contributed by atoms with Crippen molar-refractivity contribution < 1.29 is 9.59 Å². The van der Waals surface area contributed by atoms with Crippen LogP contribution in [0.5, 0.6) is 0 Å². The van der Waals surface area contributed by atoms with Gasteiger partial charge in [-0.25, -0.2) is 0 Å². The minimum absolute atomic E-state index is 0.0107. The van der Waals surface area contributed by atoms with Crippen molar-refractivity contribution in [2.45, 2.75) is 26.3 Å². The smallest absolute Gasteiger partial charge is 0.226 e. The summed E-state index contributed by atoms with van der Waals surface area (Å²) in [5.41, 5.74) is 1.11. The third-order valence-electron chi connectivity index (χ3n) is 4.42. The van der Waals surface area contributed by atoms with Crippen molar-refractivity contribution in [3.05, 3.63) is 35.9 Å². The first-order valence-corrected chi connectivity index (χ1v) is 8.37. The van der Waals surface area contributed by atoms with Gasteiger partial charge >= 0.3 is 0 Å². The van der Waals surface area contributed by atoms with Crippen molar-refractivity contribution in [3.63, 3.8) is 0 Å². The highest BCUT2D eigenvalue weighted by molar-refractivity contribution is 5.81. The Bertz CT molecular complexity index is 510. The van der Waals surface area contributed by atoms with Gasteiger partial charge < -0.3 is 15.5 Å². The quantitative estimate of drug-likeness (QED) is 0.834. The average molecular weight is 317 g/mol. The highest BCUT2D eigenvalue weighted by Gasteiger charge is 2.28. The average Bonchev–Trinajstić information content (AvgIpc) is 2.60. The molecule has 2 amide bonds. The fourth-order valence-corrected chi connectivity index (χ4v) is 3.00. The van der Waals surface area contributed by atoms with Crippen molar-refractivity contribution in [2.24, 2.45) is 11.8 Å². The van der Waals surface area contributed by atoms with E-state index in [1.807, 2.05) is 49.2 Å². The first-order chi connectivity index (χ1) is 11.1. The summed E-state index contributed by atoms with van der Waals surface area (Å²) in [6, 6.07) is 9.92. The summed E-state index contributed by atoms with van der Waals surface area (Å²) in [6.45, 7) is 4.55. The van der Waals surface area contributed by atoms with Crippen LogP contribution in [0.25, 0.3) is 0 Å². The molecule has 5 nitrogen and oxygen atoms in total. The van der Waals surface area contributed by atoms with Gasteiger partial charge in [0.1, 0.15) is 0 Å². The van der Waals surface area contributed by atoms with Crippen LogP contribution in [-0.4, -0.2) is 43.4 Å². The monoisotopic (exact) mass is 317 g/mol. The van der Waals surface area contributed by atoms with Crippen LogP contribution in [0.3, 0.4) is 0 Å². The van der Waals surface area contributed by atoms with Crippen LogP contribution in [0.15, 0.2) is 30.3 Å². The summed E-state index contributed by atoms with van der Waals surface area (Å²) >= 11 is 0. The molecule has 5 heteroatoms. The second-order valence-corrected chi connectivity index (χ2v) is 6.26. The lowest BCUT2D eigenvalue weighted by Crippen LogP contribution is -2.45. The van der Waals surface area contributed by atoms with Crippen molar-refractivity contribution >= 4 is 11.8 Å². The lowest BCUT2D eigenvalue weighted by Gasteiger charge is -2.33. The van der Waals surface area contributed by atoms with Gasteiger partial charge in [0.25, 0.3) is 0 Å². The molecule has 1 aliphatic rings. The van der Waals surface area contributed by atoms with Gasteiger partial charge in [0.15, 0.2) is 0 Å². The maximum Gasteiger partial charge on any atom is 0.226 e. The normalized spacial score (nSPS) is 16.9. The number of nitrogens with one attached hydrogen (secondary N) is 2. The third kappa shape index (κ3) is 5.06. The number of nitrogens with zero attached hydrogens (tertiary/aromatic N) is 1. The molecule has 1 atom stereocenters. The van der Waals surface area contributed by atoms with Gasteiger partial charge in [-0.1, -0.05) is 37.3 Å². The van der Waals surface area contributed by atoms with E-state index < -0.39 is 0 Å². The zero-order valence-corrected chi connectivity index (χ0v) is 14.0. The Morgan fingerprint density at radius 3 is 2.48 bits per heavy atom. The Kier molecular flexibility index (Phi) is 6.59. The number of hydrogen-bond acceptors (Lipinski definition) is 3. The van der Waals surface area contributed by atoms with Crippen LogP contribution in [-0.2, 0) is 16.1 Å². The van der Waals surface area contributed by atoms with Gasteiger partial charge in [0, 0.05) is 38.0 Å². The van der Waals surface area contributed by atoms with E-state index in [2.05, 4.69) is 10.6 Å². The van der Waals surface area contributed by atoms with Crippen molar-refractivity contribution in [2.75, 3.05) is 26.7 Å². The molecule has 0 spiro atoms. The van der Waals surface area contributed by atoms with Crippen LogP contribution in [0.2, 0.25) is 0 Å². The Morgan fingerprint density at radius 2 is 1.87 bits per heavy atom. The first-order valence-electron chi connectivity index (χ1n) is 8.37. The van der Waals surface area contributed by atoms with Gasteiger partial charge in [0.2, 0.25) is 11.8 Å². The van der Waals surface area contributed by atoms with E-state index in [4.69, 9.17) is 0 Å². The lowest BCUT2D eigenvalue weighted by molar-refractivity contribution is -0.138. The molecule has 1 aromatic carbocycles. The van der Waals surface area contributed by atoms with Crippen LogP contribution in [0.4, 0.5) is 0 Å². The summed E-state index contributed by atoms with van der Waals surface area (Å²) in [5, 5.41) is 6.04. The summed E-state index contributed by atoms with van der Waals surface area (Å²) < 4.78 is 0. The van der Waals surface area contributed by atoms with Crippen LogP contribution in [0, 0.1) is 11.8 Å². The molecule has 126 valence electrons. The first kappa shape index (κ1) is 17.5. The third-order valence-corrected chi connectivity index (χ3v) is 4.42. The van der Waals surface area contributed by atoms with Gasteiger partial charge in [-0.3, -0.25) is 9.59 Å². The Hall–Kier alpha value is -1.88. The summed E-state index contributed by atoms with van der Waals surface area (Å²) in [7, 11) is 1.85. The molecular weight excluding hydrogens is 290 g/mol. The van der Waals surface area contributed by atoms with E-state index in [0.717, 1.165) is 18.4 Å². The minimum atomic E-state index is -0.0107. The molecule has 0 aromatic heterocycles. The molecule has 0 bridgehead atoms. The number of carbonyl (C=O) groups excluding carboxylic acids is 2. The molecule has 1 unspecified atom stereocenters. The number of amides is 2. The van der Waals surface area contributed by atoms with Gasteiger partial charge in [-0.2, -0.15) is 0 Å². The van der Waals surface area contributed by atoms with E-state index in [1.54, 1.807) is 0 Å². The van der Waals surface area contributed by atoms with E-state index >= 15 is 0 Å². The molecule has 0 aliphatic carbocycles. The maximum atomic E-state index is 12.3. The second kappa shape index (κ2) is 8.67. The van der Waals surface area contributed by atoms with Gasteiger partial charge in [-0.05, 0) is 25.5 Å². The van der Waals surface area contributed by atoms with Crippen molar-refractivity contribution in [1.29, 1.82) is 0 Å². The van der Waals surface area contributed by atoms with Crippen LogP contribution >= 0.6 is 0 Å². The predicted molar refractivity (Wildman–Crippen MR) is 90.7 cm³/mol. The lowest BCUT2D eigenvalue weighted by atomic mass is 9.95. The molecule has 2 rings (SSSR count). The predicted octanol–water partition coefficient (Wildman–Crippen LogP) is 1.40. The Morgan fingerprint density at radius 1 is 1.22 bits per heavy atom. The molecule has 2 N–H and O–H groups in total. The van der Waals surface area contributed by atoms with Crippen LogP contribution in [0.1, 0.15) is 25.3 Å². The molecule has 23 heavy (non-hydrogen) atoms. The molecule has 1 saturated heterocycles. The summed E-state index contributed by atoms with van der Waals surface area (Å²) in [4.78, 5) is 26.4. The number of hydrogen-bond donors (Lipinski definition) is 2. The number of likely N-dealkylation sites (tertiary alicyclic amines) is 1. The number of rotatable bonds is 6. The molecular formula is C18H27N3O2. The van der Waals surface area contributed by atoms with E-state index in [9.17, 15) is 9.59 Å². The highest BCUT2D eigenvalue weighted by atomic mass is 16.2. The number of carbonyl (C=O) groups is 2. The van der Waals surface area contributed by atoms with E-state index in [0.29, 0.717) is 26.2 Å².